The van der Waals surface area contributed by atoms with Gasteiger partial charge >= 0.3 is 0 Å². The van der Waals surface area contributed by atoms with Crippen molar-refractivity contribution in [1.82, 2.24) is 4.57 Å². The fourth-order valence-electron chi connectivity index (χ4n) is 18.0. The summed E-state index contributed by atoms with van der Waals surface area (Å²) in [6, 6.07) is 71.4. The summed E-state index contributed by atoms with van der Waals surface area (Å²) in [5.74, 6) is 1.43. The quantitative estimate of drug-likeness (QED) is 0.0457. The molecule has 11 aromatic rings. The third-order valence-corrected chi connectivity index (χ3v) is 23.1. The molecule has 0 saturated carbocycles. The van der Waals surface area contributed by atoms with Crippen LogP contribution in [0.4, 0.5) is 34.1 Å². The van der Waals surface area contributed by atoms with E-state index in [2.05, 4.69) is 291 Å². The highest BCUT2D eigenvalue weighted by molar-refractivity contribution is 6.11. The van der Waals surface area contributed by atoms with Gasteiger partial charge in [-0.2, -0.15) is 0 Å². The number of hydrogen-bond donors (Lipinski definition) is 0. The Labute approximate surface area is 605 Å². The molecule has 2 aromatic heterocycles. The first-order valence-electron chi connectivity index (χ1n) is 39.3. The minimum absolute atomic E-state index is 0.0562. The molecule has 0 fully saturated rings. The van der Waals surface area contributed by atoms with Crippen molar-refractivity contribution >= 4 is 90.0 Å². The molecule has 3 aliphatic carbocycles. The van der Waals surface area contributed by atoms with Crippen molar-refractivity contribution in [2.45, 2.75) is 194 Å². The number of furan rings is 1. The molecule has 5 unspecified atom stereocenters. The third-order valence-electron chi connectivity index (χ3n) is 23.1. The van der Waals surface area contributed by atoms with Gasteiger partial charge in [0, 0.05) is 102 Å². The van der Waals surface area contributed by atoms with Crippen molar-refractivity contribution < 1.29 is 9.15 Å². The Morgan fingerprint density at radius 2 is 1.00 bits per heavy atom. The Balaban J connectivity index is 0.722. The molecule has 6 heteroatoms. The number of ether oxygens (including phenoxy) is 1. The van der Waals surface area contributed by atoms with Crippen molar-refractivity contribution in [3.05, 3.63) is 274 Å². The van der Waals surface area contributed by atoms with Gasteiger partial charge in [0.1, 0.15) is 23.0 Å². The van der Waals surface area contributed by atoms with Gasteiger partial charge in [0.2, 0.25) is 0 Å². The highest BCUT2D eigenvalue weighted by Gasteiger charge is 2.51. The molecule has 518 valence electrons. The standard InChI is InChI=1S/C96H102N4O2/c1-7-11-15-21-33-67-52-68(34-22-16-12-8-2)55-79(54-67)99-87-42-30-29-41-81(87)82-47-44-75(62-89(82)99)97(73-37-25-19-26-38-73)76-45-48-83-85-58-71-61-91-86(59-72(71)60-90(85)101-92(83)63-76)84-49-46-77(64-93(84)102-91)98(74-39-27-20-28-40-74)78-50-51-96(6)94(65-78)100(88-43-31-32-66(5)95(88)96)80-56-69(35-23-17-13-9-3)53-70(57-80)36-24-18-14-10-4/h19-20,25-31,37-66,86,91,94H,7-18,21-24,32-36H2,1-6H3. The second kappa shape index (κ2) is 29.4. The normalized spacial score (nSPS) is 18.6. The Morgan fingerprint density at radius 1 is 0.451 bits per heavy atom. The van der Waals surface area contributed by atoms with Crippen LogP contribution in [0.25, 0.3) is 61.6 Å². The van der Waals surface area contributed by atoms with E-state index in [1.807, 2.05) is 0 Å². The molecule has 2 aliphatic heterocycles. The zero-order chi connectivity index (χ0) is 69.3. The molecular formula is C96H102N4O2. The lowest BCUT2D eigenvalue weighted by molar-refractivity contribution is 0.288. The first-order valence-corrected chi connectivity index (χ1v) is 39.3. The number of fused-ring (bicyclic) bond motifs is 12. The first-order chi connectivity index (χ1) is 50.2. The van der Waals surface area contributed by atoms with Gasteiger partial charge in [-0.25, -0.2) is 0 Å². The fourth-order valence-corrected chi connectivity index (χ4v) is 18.0. The van der Waals surface area contributed by atoms with Crippen LogP contribution >= 0.6 is 0 Å². The summed E-state index contributed by atoms with van der Waals surface area (Å²) in [5.41, 5.74) is 23.2. The van der Waals surface area contributed by atoms with Gasteiger partial charge in [-0.05, 0) is 230 Å². The average molecular weight is 1340 g/mol. The fraction of sp³-hybridized carbons (Fsp3) is 0.333. The van der Waals surface area contributed by atoms with Gasteiger partial charge in [0.25, 0.3) is 0 Å². The average Bonchev–Trinajstić information content (AvgIpc) is 1.56. The summed E-state index contributed by atoms with van der Waals surface area (Å²) >= 11 is 0. The predicted octanol–water partition coefficient (Wildman–Crippen LogP) is 25.1. The third kappa shape index (κ3) is 13.0. The maximum Gasteiger partial charge on any atom is 0.137 e. The highest BCUT2D eigenvalue weighted by Crippen LogP contribution is 2.56. The molecule has 9 aromatic carbocycles. The number of aryl methyl sites for hydroxylation is 4. The predicted molar refractivity (Wildman–Crippen MR) is 432 cm³/mol. The summed E-state index contributed by atoms with van der Waals surface area (Å²) in [4.78, 5) is 7.60. The SMILES string of the molecule is CCCCCCc1cc(CCCCCC)cc(N2C3=C(C(C)CC=C3)C3(C)C=CC(N(c4ccccc4)c4ccc5c(c4)OC4C=c6cc7c(cc6=CC54)oc4cc(N(c5ccccc5)c5ccc6c8ccccc8n(-c8cc(CCCCCC)cc(CCCCCC)c8)c6c5)ccc47)=CC23)c1. The van der Waals surface area contributed by atoms with E-state index in [4.69, 9.17) is 9.15 Å². The summed E-state index contributed by atoms with van der Waals surface area (Å²) in [5, 5.41) is 7.07. The van der Waals surface area contributed by atoms with Crippen molar-refractivity contribution in [2.75, 3.05) is 14.7 Å². The number of allylic oxidation sites excluding steroid dienone is 3. The van der Waals surface area contributed by atoms with Crippen molar-refractivity contribution in [1.29, 1.82) is 0 Å². The number of hydrogen-bond acceptors (Lipinski definition) is 5. The lowest BCUT2D eigenvalue weighted by Gasteiger charge is -2.40. The lowest BCUT2D eigenvalue weighted by Crippen LogP contribution is -2.41. The van der Waals surface area contributed by atoms with Crippen LogP contribution < -0.4 is 29.9 Å². The molecule has 0 spiro atoms. The monoisotopic (exact) mass is 1340 g/mol. The molecule has 5 aliphatic rings. The molecule has 6 nitrogen and oxygen atoms in total. The number of rotatable bonds is 28. The lowest BCUT2D eigenvalue weighted by atomic mass is 9.69. The Morgan fingerprint density at radius 3 is 1.65 bits per heavy atom. The van der Waals surface area contributed by atoms with E-state index in [1.54, 1.807) is 5.57 Å². The second-order valence-corrected chi connectivity index (χ2v) is 30.4. The number of nitrogens with zero attached hydrogens (tertiary/aromatic N) is 4. The number of anilines is 6. The molecule has 0 amide bonds. The molecule has 0 radical (unpaired) electrons. The Kier molecular flexibility index (Phi) is 19.3. The van der Waals surface area contributed by atoms with Gasteiger partial charge in [-0.15, -0.1) is 0 Å². The van der Waals surface area contributed by atoms with Crippen LogP contribution in [-0.4, -0.2) is 16.7 Å². The molecular weight excluding hydrogens is 1240 g/mol. The van der Waals surface area contributed by atoms with Crippen molar-refractivity contribution in [3.8, 4) is 11.4 Å². The van der Waals surface area contributed by atoms with E-state index in [9.17, 15) is 0 Å². The second-order valence-electron chi connectivity index (χ2n) is 30.4. The largest absolute Gasteiger partial charge is 0.485 e. The summed E-state index contributed by atoms with van der Waals surface area (Å²) in [7, 11) is 0. The topological polar surface area (TPSA) is 37.0 Å². The van der Waals surface area contributed by atoms with Crippen LogP contribution in [0.5, 0.6) is 5.75 Å². The van der Waals surface area contributed by atoms with Gasteiger partial charge in [-0.3, -0.25) is 0 Å². The number of benzene rings is 9. The first kappa shape index (κ1) is 67.0. The summed E-state index contributed by atoms with van der Waals surface area (Å²) in [6.07, 6.45) is 42.8. The maximum absolute atomic E-state index is 7.16. The molecule has 102 heavy (non-hydrogen) atoms. The molecule has 0 N–H and O–H groups in total. The van der Waals surface area contributed by atoms with Crippen LogP contribution in [0.3, 0.4) is 0 Å². The Hall–Kier alpha value is -9.52. The highest BCUT2D eigenvalue weighted by atomic mass is 16.5. The van der Waals surface area contributed by atoms with Gasteiger partial charge < -0.3 is 28.4 Å². The zero-order valence-corrected chi connectivity index (χ0v) is 61.2. The van der Waals surface area contributed by atoms with Gasteiger partial charge in [0.15, 0.2) is 0 Å². The maximum atomic E-state index is 7.16. The van der Waals surface area contributed by atoms with E-state index in [0.29, 0.717) is 5.92 Å². The van der Waals surface area contributed by atoms with Crippen LogP contribution in [0.1, 0.15) is 184 Å². The summed E-state index contributed by atoms with van der Waals surface area (Å²) < 4.78 is 16.7. The van der Waals surface area contributed by atoms with Crippen LogP contribution in [-0.2, 0) is 25.7 Å². The minimum atomic E-state index is -0.179. The summed E-state index contributed by atoms with van der Waals surface area (Å²) in [6.45, 7) is 14.2. The van der Waals surface area contributed by atoms with Crippen LogP contribution in [0, 0.1) is 11.3 Å². The van der Waals surface area contributed by atoms with Crippen LogP contribution in [0.15, 0.2) is 240 Å². The van der Waals surface area contributed by atoms with E-state index in [1.165, 1.54) is 186 Å². The molecule has 4 heterocycles. The minimum Gasteiger partial charge on any atom is -0.485 e. The van der Waals surface area contributed by atoms with Crippen LogP contribution in [0.2, 0.25) is 0 Å². The molecule has 16 rings (SSSR count). The zero-order valence-electron chi connectivity index (χ0n) is 61.2. The van der Waals surface area contributed by atoms with E-state index in [0.717, 1.165) is 88.2 Å². The van der Waals surface area contributed by atoms with E-state index < -0.39 is 0 Å². The Bertz CT molecular complexity index is 5100. The van der Waals surface area contributed by atoms with Gasteiger partial charge in [0.05, 0.1) is 17.1 Å². The number of aromatic nitrogens is 1. The van der Waals surface area contributed by atoms with Crippen molar-refractivity contribution in [2.24, 2.45) is 11.3 Å². The van der Waals surface area contributed by atoms with E-state index >= 15 is 0 Å². The number of para-hydroxylation sites is 3. The number of unbranched alkanes of at least 4 members (excludes halogenated alkanes) is 12. The molecule has 0 bridgehead atoms. The van der Waals surface area contributed by atoms with Gasteiger partial charge in [-0.1, -0.05) is 209 Å². The van der Waals surface area contributed by atoms with E-state index in [-0.39, 0.29) is 23.5 Å². The van der Waals surface area contributed by atoms with Crippen molar-refractivity contribution in [3.63, 3.8) is 0 Å². The smallest absolute Gasteiger partial charge is 0.137 e. The molecule has 5 atom stereocenters. The molecule has 0 saturated heterocycles.